The molecule has 4 N–H and O–H groups in total. The van der Waals surface area contributed by atoms with Gasteiger partial charge in [0.2, 0.25) is 0 Å². The minimum Gasteiger partial charge on any atom is -0.383 e. The summed E-state index contributed by atoms with van der Waals surface area (Å²) in [7, 11) is 1.68. The molecule has 0 atom stereocenters. The molecule has 0 spiro atoms. The number of benzene rings is 1. The van der Waals surface area contributed by atoms with E-state index in [2.05, 4.69) is 36.2 Å². The Morgan fingerprint density at radius 1 is 1.16 bits per heavy atom. The largest absolute Gasteiger partial charge is 0.383 e. The summed E-state index contributed by atoms with van der Waals surface area (Å²) in [5, 5.41) is 13.6. The lowest BCUT2D eigenvalue weighted by Crippen LogP contribution is -2.25. The molecule has 3 rings (SSSR count). The van der Waals surface area contributed by atoms with Crippen molar-refractivity contribution < 1.29 is 9.53 Å². The number of carbonyl (C=O) groups is 1. The molecule has 0 bridgehead atoms. The van der Waals surface area contributed by atoms with E-state index in [-0.39, 0.29) is 5.91 Å². The zero-order valence-corrected chi connectivity index (χ0v) is 19.7. The van der Waals surface area contributed by atoms with Gasteiger partial charge in [-0.15, -0.1) is 0 Å². The molecule has 1 aromatic carbocycles. The summed E-state index contributed by atoms with van der Waals surface area (Å²) in [5.74, 6) is 1.65. The Hall–Kier alpha value is -2.79. The smallest absolute Gasteiger partial charge is 0.267 e. The summed E-state index contributed by atoms with van der Waals surface area (Å²) in [6.07, 6.45) is 1.52. The molecular formula is C21H26ClN7O2S. The van der Waals surface area contributed by atoms with Gasteiger partial charge < -0.3 is 26.0 Å². The number of halogens is 1. The van der Waals surface area contributed by atoms with Gasteiger partial charge in [-0.25, -0.2) is 15.0 Å². The predicted octanol–water partition coefficient (Wildman–Crippen LogP) is 3.85. The normalized spacial score (nSPS) is 10.8. The van der Waals surface area contributed by atoms with Crippen molar-refractivity contribution in [3.63, 3.8) is 0 Å². The molecule has 0 aliphatic heterocycles. The van der Waals surface area contributed by atoms with Crippen LogP contribution < -0.4 is 21.3 Å². The maximum absolute atomic E-state index is 12.6. The first-order chi connectivity index (χ1) is 15.5. The van der Waals surface area contributed by atoms with E-state index in [4.69, 9.17) is 16.3 Å². The minimum absolute atomic E-state index is 0.269. The number of methoxy groups -OCH3 is 1. The Balaban J connectivity index is 1.60. The molecule has 9 nitrogen and oxygen atoms in total. The highest BCUT2D eigenvalue weighted by atomic mass is 35.5. The van der Waals surface area contributed by atoms with Gasteiger partial charge in [-0.1, -0.05) is 35.1 Å². The monoisotopic (exact) mass is 475 g/mol. The van der Waals surface area contributed by atoms with Gasteiger partial charge >= 0.3 is 0 Å². The minimum atomic E-state index is -0.269. The fraction of sp³-hybridized carbons (Fsp3) is 0.333. The van der Waals surface area contributed by atoms with E-state index in [1.165, 1.54) is 17.5 Å². The lowest BCUT2D eigenvalue weighted by atomic mass is 10.2. The van der Waals surface area contributed by atoms with Gasteiger partial charge in [-0.2, -0.15) is 0 Å². The van der Waals surface area contributed by atoms with Crippen LogP contribution in [0.5, 0.6) is 0 Å². The molecular weight excluding hydrogens is 450 g/mol. The molecule has 1 amide bonds. The zero-order chi connectivity index (χ0) is 22.9. The number of hydrogen-bond donors (Lipinski definition) is 4. The Morgan fingerprint density at radius 3 is 2.75 bits per heavy atom. The van der Waals surface area contributed by atoms with Crippen LogP contribution in [0.1, 0.15) is 21.1 Å². The van der Waals surface area contributed by atoms with Crippen LogP contribution in [-0.2, 0) is 4.74 Å². The Morgan fingerprint density at radius 2 is 1.97 bits per heavy atom. The van der Waals surface area contributed by atoms with Gasteiger partial charge in [0.1, 0.15) is 22.3 Å². The quantitative estimate of drug-likeness (QED) is 0.309. The Kier molecular flexibility index (Phi) is 8.74. The number of ether oxygens (including phenoxy) is 1. The molecule has 0 radical (unpaired) electrons. The molecule has 170 valence electrons. The summed E-state index contributed by atoms with van der Waals surface area (Å²) < 4.78 is 5.00. The van der Waals surface area contributed by atoms with Crippen LogP contribution in [0, 0.1) is 13.8 Å². The van der Waals surface area contributed by atoms with E-state index in [1.54, 1.807) is 19.2 Å². The van der Waals surface area contributed by atoms with Crippen molar-refractivity contribution >= 4 is 51.3 Å². The number of para-hydroxylation sites is 1. The van der Waals surface area contributed by atoms with Crippen molar-refractivity contribution in [2.75, 3.05) is 49.3 Å². The predicted molar refractivity (Wildman–Crippen MR) is 130 cm³/mol. The number of amides is 1. The second-order valence-corrected chi connectivity index (χ2v) is 8.33. The lowest BCUT2D eigenvalue weighted by molar-refractivity contribution is 0.103. The van der Waals surface area contributed by atoms with E-state index in [0.717, 1.165) is 18.7 Å². The molecule has 32 heavy (non-hydrogen) atoms. The summed E-state index contributed by atoms with van der Waals surface area (Å²) in [4.78, 5) is 26.2. The first-order valence-electron chi connectivity index (χ1n) is 10.0. The van der Waals surface area contributed by atoms with Crippen molar-refractivity contribution in [1.82, 2.24) is 20.3 Å². The SMILES string of the molecule is COCCNCCNc1cc(Nc2ncc(C(=O)Nc3c(C)cccc3Cl)s2)nc(C)n1. The molecule has 0 aliphatic rings. The number of nitrogens with one attached hydrogen (secondary N) is 4. The highest BCUT2D eigenvalue weighted by Gasteiger charge is 2.14. The van der Waals surface area contributed by atoms with Crippen molar-refractivity contribution in [1.29, 1.82) is 0 Å². The third-order valence-electron chi connectivity index (χ3n) is 4.35. The van der Waals surface area contributed by atoms with Gasteiger partial charge in [-0.05, 0) is 25.5 Å². The zero-order valence-electron chi connectivity index (χ0n) is 18.2. The molecule has 0 fully saturated rings. The van der Waals surface area contributed by atoms with Crippen LogP contribution in [0.2, 0.25) is 5.02 Å². The van der Waals surface area contributed by atoms with E-state index in [1.807, 2.05) is 26.0 Å². The third-order valence-corrected chi connectivity index (χ3v) is 5.58. The summed E-state index contributed by atoms with van der Waals surface area (Å²) in [6.45, 7) is 6.67. The van der Waals surface area contributed by atoms with Crippen LogP contribution in [0.15, 0.2) is 30.5 Å². The number of carbonyl (C=O) groups excluding carboxylic acids is 1. The summed E-state index contributed by atoms with van der Waals surface area (Å²) >= 11 is 7.43. The highest BCUT2D eigenvalue weighted by molar-refractivity contribution is 7.17. The van der Waals surface area contributed by atoms with Gasteiger partial charge in [0, 0.05) is 32.8 Å². The van der Waals surface area contributed by atoms with E-state index >= 15 is 0 Å². The van der Waals surface area contributed by atoms with Crippen LogP contribution in [0.25, 0.3) is 0 Å². The molecule has 2 aromatic heterocycles. The Bertz CT molecular complexity index is 1040. The molecule has 2 heterocycles. The molecule has 0 saturated carbocycles. The average molecular weight is 476 g/mol. The van der Waals surface area contributed by atoms with Crippen molar-refractivity contribution in [2.45, 2.75) is 13.8 Å². The van der Waals surface area contributed by atoms with Crippen molar-refractivity contribution in [3.05, 3.63) is 51.7 Å². The Labute approximate surface area is 196 Å². The molecule has 11 heteroatoms. The van der Waals surface area contributed by atoms with E-state index in [9.17, 15) is 4.79 Å². The fourth-order valence-electron chi connectivity index (χ4n) is 2.81. The topological polar surface area (TPSA) is 113 Å². The first kappa shape index (κ1) is 23.9. The second-order valence-electron chi connectivity index (χ2n) is 6.90. The number of thiazole rings is 1. The first-order valence-corrected chi connectivity index (χ1v) is 11.2. The third kappa shape index (κ3) is 6.86. The van der Waals surface area contributed by atoms with Crippen LogP contribution in [-0.4, -0.2) is 54.2 Å². The maximum Gasteiger partial charge on any atom is 0.267 e. The van der Waals surface area contributed by atoms with Crippen molar-refractivity contribution in [2.24, 2.45) is 0 Å². The number of anilines is 4. The molecule has 0 saturated heterocycles. The number of aromatic nitrogens is 3. The van der Waals surface area contributed by atoms with Gasteiger partial charge in [0.25, 0.3) is 5.91 Å². The fourth-order valence-corrected chi connectivity index (χ4v) is 3.80. The van der Waals surface area contributed by atoms with Gasteiger partial charge in [-0.3, -0.25) is 4.79 Å². The van der Waals surface area contributed by atoms with Crippen LogP contribution >= 0.6 is 22.9 Å². The highest BCUT2D eigenvalue weighted by Crippen LogP contribution is 2.28. The maximum atomic E-state index is 12.6. The van der Waals surface area contributed by atoms with E-state index < -0.39 is 0 Å². The lowest BCUT2D eigenvalue weighted by Gasteiger charge is -2.10. The number of nitrogens with zero attached hydrogens (tertiary/aromatic N) is 3. The van der Waals surface area contributed by atoms with Gasteiger partial charge in [0.15, 0.2) is 5.13 Å². The van der Waals surface area contributed by atoms with Crippen LogP contribution in [0.3, 0.4) is 0 Å². The standard InChI is InChI=1S/C21H26ClN7O2S/c1-13-5-4-6-15(22)19(13)29-20(30)16-12-25-21(32-16)28-18-11-17(26-14(2)27-18)24-8-7-23-9-10-31-3/h4-6,11-12,23H,7-10H2,1-3H3,(H,29,30)(H2,24,25,26,27,28). The van der Waals surface area contributed by atoms with Crippen molar-refractivity contribution in [3.8, 4) is 0 Å². The molecule has 0 aliphatic carbocycles. The molecule has 3 aromatic rings. The average Bonchev–Trinajstić information content (AvgIpc) is 3.21. The summed E-state index contributed by atoms with van der Waals surface area (Å²) in [6, 6.07) is 7.27. The number of hydrogen-bond acceptors (Lipinski definition) is 9. The number of aryl methyl sites for hydroxylation is 2. The molecule has 0 unspecified atom stereocenters. The number of rotatable bonds is 11. The summed E-state index contributed by atoms with van der Waals surface area (Å²) in [5.41, 5.74) is 1.49. The van der Waals surface area contributed by atoms with Crippen LogP contribution in [0.4, 0.5) is 22.5 Å². The van der Waals surface area contributed by atoms with E-state index in [0.29, 0.717) is 51.3 Å². The van der Waals surface area contributed by atoms with Gasteiger partial charge in [0.05, 0.1) is 23.5 Å². The second kappa shape index (κ2) is 11.7.